The van der Waals surface area contributed by atoms with E-state index in [-0.39, 0.29) is 16.8 Å². The summed E-state index contributed by atoms with van der Waals surface area (Å²) in [6.07, 6.45) is 1.86. The molecule has 2 rings (SSSR count). The maximum absolute atomic E-state index is 12.8. The van der Waals surface area contributed by atoms with Crippen LogP contribution in [0.4, 0.5) is 13.2 Å². The SMILES string of the molecule is CN=C/C=C(\C)c1nn(-c2cncc(C(F)(F)F)c2)ccc1=O. The summed E-state index contributed by atoms with van der Waals surface area (Å²) in [7, 11) is 1.58. The summed E-state index contributed by atoms with van der Waals surface area (Å²) in [4.78, 5) is 19.2. The summed E-state index contributed by atoms with van der Waals surface area (Å²) in [5, 5.41) is 4.09. The monoisotopic (exact) mass is 322 g/mol. The number of halogens is 3. The first-order valence-corrected chi connectivity index (χ1v) is 6.55. The van der Waals surface area contributed by atoms with E-state index in [0.717, 1.165) is 12.3 Å². The fourth-order valence-electron chi connectivity index (χ4n) is 1.80. The van der Waals surface area contributed by atoms with Gasteiger partial charge in [0.2, 0.25) is 5.43 Å². The van der Waals surface area contributed by atoms with E-state index >= 15 is 0 Å². The number of pyridine rings is 1. The normalized spacial score (nSPS) is 12.8. The van der Waals surface area contributed by atoms with E-state index in [1.807, 2.05) is 0 Å². The fraction of sp³-hybridized carbons (Fsp3) is 0.200. The molecule has 0 unspecified atom stereocenters. The lowest BCUT2D eigenvalue weighted by atomic mass is 10.2. The molecule has 0 N–H and O–H groups in total. The molecule has 0 aliphatic rings. The van der Waals surface area contributed by atoms with Crippen LogP contribution in [0.2, 0.25) is 0 Å². The molecule has 0 aromatic carbocycles. The molecule has 0 atom stereocenters. The smallest absolute Gasteiger partial charge is 0.297 e. The second kappa shape index (κ2) is 6.55. The highest BCUT2D eigenvalue weighted by molar-refractivity contribution is 5.82. The Hall–Kier alpha value is -2.77. The number of hydrogen-bond donors (Lipinski definition) is 0. The van der Waals surface area contributed by atoms with Crippen LogP contribution in [0.1, 0.15) is 18.2 Å². The van der Waals surface area contributed by atoms with Gasteiger partial charge >= 0.3 is 6.18 Å². The second-order valence-corrected chi connectivity index (χ2v) is 4.66. The Morgan fingerprint density at radius 3 is 2.74 bits per heavy atom. The van der Waals surface area contributed by atoms with Crippen LogP contribution < -0.4 is 5.43 Å². The molecule has 120 valence electrons. The third-order valence-corrected chi connectivity index (χ3v) is 2.97. The summed E-state index contributed by atoms with van der Waals surface area (Å²) in [5.74, 6) is 0. The van der Waals surface area contributed by atoms with Crippen LogP contribution in [-0.2, 0) is 6.18 Å². The van der Waals surface area contributed by atoms with Crippen LogP contribution in [0.3, 0.4) is 0 Å². The molecular weight excluding hydrogens is 309 g/mol. The molecule has 0 spiro atoms. The highest BCUT2D eigenvalue weighted by atomic mass is 19.4. The van der Waals surface area contributed by atoms with E-state index in [0.29, 0.717) is 5.57 Å². The molecule has 0 saturated carbocycles. The lowest BCUT2D eigenvalue weighted by Crippen LogP contribution is -2.15. The number of allylic oxidation sites excluding steroid dienone is 2. The third kappa shape index (κ3) is 3.91. The lowest BCUT2D eigenvalue weighted by molar-refractivity contribution is -0.137. The van der Waals surface area contributed by atoms with Crippen LogP contribution in [0.5, 0.6) is 0 Å². The van der Waals surface area contributed by atoms with E-state index in [9.17, 15) is 18.0 Å². The van der Waals surface area contributed by atoms with Crippen LogP contribution in [0.15, 0.2) is 46.6 Å². The topological polar surface area (TPSA) is 60.1 Å². The highest BCUT2D eigenvalue weighted by Crippen LogP contribution is 2.29. The van der Waals surface area contributed by atoms with Gasteiger partial charge in [-0.05, 0) is 24.6 Å². The van der Waals surface area contributed by atoms with Crippen LogP contribution in [-0.4, -0.2) is 28.0 Å². The van der Waals surface area contributed by atoms with Gasteiger partial charge in [0.1, 0.15) is 5.69 Å². The summed E-state index contributed by atoms with van der Waals surface area (Å²) in [6.45, 7) is 1.67. The van der Waals surface area contributed by atoms with E-state index in [1.165, 1.54) is 29.4 Å². The number of rotatable bonds is 3. The molecule has 0 fully saturated rings. The zero-order valence-corrected chi connectivity index (χ0v) is 12.4. The first kappa shape index (κ1) is 16.6. The number of hydrogen-bond acceptors (Lipinski definition) is 4. The van der Waals surface area contributed by atoms with Gasteiger partial charge in [-0.15, -0.1) is 0 Å². The Morgan fingerprint density at radius 1 is 1.35 bits per heavy atom. The Morgan fingerprint density at radius 2 is 2.09 bits per heavy atom. The molecule has 2 aromatic heterocycles. The first-order chi connectivity index (χ1) is 10.8. The van der Waals surface area contributed by atoms with Crippen LogP contribution in [0, 0.1) is 0 Å². The molecule has 0 amide bonds. The highest BCUT2D eigenvalue weighted by Gasteiger charge is 2.31. The van der Waals surface area contributed by atoms with Gasteiger partial charge in [0.15, 0.2) is 0 Å². The van der Waals surface area contributed by atoms with Crippen molar-refractivity contribution in [2.24, 2.45) is 4.99 Å². The molecule has 0 bridgehead atoms. The molecule has 0 saturated heterocycles. The van der Waals surface area contributed by atoms with E-state index < -0.39 is 11.7 Å². The maximum atomic E-state index is 12.8. The molecule has 5 nitrogen and oxygen atoms in total. The molecule has 0 aliphatic heterocycles. The summed E-state index contributed by atoms with van der Waals surface area (Å²) in [6, 6.07) is 2.16. The minimum Gasteiger partial charge on any atom is -0.297 e. The predicted octanol–water partition coefficient (Wildman–Crippen LogP) is 2.75. The molecular formula is C15H13F3N4O. The molecule has 2 aromatic rings. The third-order valence-electron chi connectivity index (χ3n) is 2.97. The number of aliphatic imine (C=N–C) groups is 1. The Balaban J connectivity index is 2.52. The van der Waals surface area contributed by atoms with Crippen molar-refractivity contribution in [1.82, 2.24) is 14.8 Å². The first-order valence-electron chi connectivity index (χ1n) is 6.55. The van der Waals surface area contributed by atoms with Gasteiger partial charge in [0, 0.05) is 31.7 Å². The van der Waals surface area contributed by atoms with Gasteiger partial charge in [-0.3, -0.25) is 14.8 Å². The molecule has 2 heterocycles. The van der Waals surface area contributed by atoms with E-state index in [2.05, 4.69) is 15.1 Å². The predicted molar refractivity (Wildman–Crippen MR) is 80.7 cm³/mol. The van der Waals surface area contributed by atoms with Crippen molar-refractivity contribution < 1.29 is 13.2 Å². The summed E-state index contributed by atoms with van der Waals surface area (Å²) in [5.41, 5.74) is -0.431. The Kier molecular flexibility index (Phi) is 4.73. The molecule has 23 heavy (non-hydrogen) atoms. The Labute approximate surface area is 129 Å². The van der Waals surface area contributed by atoms with Crippen molar-refractivity contribution in [3.8, 4) is 5.69 Å². The average molecular weight is 322 g/mol. The van der Waals surface area contributed by atoms with E-state index in [1.54, 1.807) is 20.0 Å². The minimum absolute atomic E-state index is 0.109. The largest absolute Gasteiger partial charge is 0.417 e. The summed E-state index contributed by atoms with van der Waals surface area (Å²) < 4.78 is 39.4. The van der Waals surface area contributed by atoms with Crippen molar-refractivity contribution in [2.45, 2.75) is 13.1 Å². The average Bonchev–Trinajstić information content (AvgIpc) is 2.52. The minimum atomic E-state index is -4.50. The van der Waals surface area contributed by atoms with Gasteiger partial charge in [0.25, 0.3) is 0 Å². The van der Waals surface area contributed by atoms with Crippen molar-refractivity contribution in [3.63, 3.8) is 0 Å². The maximum Gasteiger partial charge on any atom is 0.417 e. The van der Waals surface area contributed by atoms with Crippen molar-refractivity contribution >= 4 is 11.8 Å². The van der Waals surface area contributed by atoms with Crippen molar-refractivity contribution in [3.05, 3.63) is 58.3 Å². The van der Waals surface area contributed by atoms with Crippen molar-refractivity contribution in [1.29, 1.82) is 0 Å². The quantitative estimate of drug-likeness (QED) is 0.816. The lowest BCUT2D eigenvalue weighted by Gasteiger charge is -2.10. The standard InChI is InChI=1S/C15H13F3N4O/c1-10(3-5-19-2)14-13(23)4-6-22(21-14)12-7-11(8-20-9-12)15(16,17)18/h3-9H,1-2H3/b10-3+,19-5?. The number of nitrogens with zero attached hydrogens (tertiary/aromatic N) is 4. The van der Waals surface area contributed by atoms with Gasteiger partial charge < -0.3 is 0 Å². The molecule has 8 heteroatoms. The Bertz CT molecular complexity index is 822. The van der Waals surface area contributed by atoms with Gasteiger partial charge in [-0.25, -0.2) is 4.68 Å². The van der Waals surface area contributed by atoms with Gasteiger partial charge in [-0.1, -0.05) is 0 Å². The fourth-order valence-corrected chi connectivity index (χ4v) is 1.80. The van der Waals surface area contributed by atoms with Crippen LogP contribution in [0.25, 0.3) is 11.3 Å². The molecule has 0 aliphatic carbocycles. The van der Waals surface area contributed by atoms with E-state index in [4.69, 9.17) is 0 Å². The summed E-state index contributed by atoms with van der Waals surface area (Å²) >= 11 is 0. The second-order valence-electron chi connectivity index (χ2n) is 4.66. The number of alkyl halides is 3. The zero-order valence-electron chi connectivity index (χ0n) is 12.4. The zero-order chi connectivity index (χ0) is 17.0. The van der Waals surface area contributed by atoms with Crippen LogP contribution >= 0.6 is 0 Å². The van der Waals surface area contributed by atoms with Gasteiger partial charge in [-0.2, -0.15) is 18.3 Å². The van der Waals surface area contributed by atoms with Crippen molar-refractivity contribution in [2.75, 3.05) is 7.05 Å². The number of aromatic nitrogens is 3. The molecule has 0 radical (unpaired) electrons. The van der Waals surface area contributed by atoms with Gasteiger partial charge in [0.05, 0.1) is 17.4 Å².